The smallest absolute Gasteiger partial charge is 0.222 e. The van der Waals surface area contributed by atoms with Gasteiger partial charge in [0.25, 0.3) is 0 Å². The number of amides is 1. The van der Waals surface area contributed by atoms with Crippen LogP contribution in [0.15, 0.2) is 4.99 Å². The van der Waals surface area contributed by atoms with Crippen LogP contribution in [0.25, 0.3) is 0 Å². The Labute approximate surface area is 176 Å². The molecule has 0 radical (unpaired) electrons. The van der Waals surface area contributed by atoms with Crippen LogP contribution in [0.4, 0.5) is 0 Å². The molecule has 152 valence electrons. The van der Waals surface area contributed by atoms with Crippen molar-refractivity contribution in [3.63, 3.8) is 0 Å². The molecule has 6 nitrogen and oxygen atoms in total. The number of rotatable bonds is 9. The van der Waals surface area contributed by atoms with Crippen molar-refractivity contribution < 1.29 is 4.79 Å². The SMILES string of the molecule is CCNC(=NCCCN1CCCC1=O)NCCCN1CCCCCC1.I. The molecule has 2 N–H and O–H groups in total. The first kappa shape index (κ1) is 23.5. The van der Waals surface area contributed by atoms with Gasteiger partial charge in [0, 0.05) is 39.1 Å². The maximum atomic E-state index is 11.6. The van der Waals surface area contributed by atoms with Crippen molar-refractivity contribution in [1.82, 2.24) is 20.4 Å². The number of nitrogens with one attached hydrogen (secondary N) is 2. The van der Waals surface area contributed by atoms with Crippen molar-refractivity contribution in [3.05, 3.63) is 0 Å². The van der Waals surface area contributed by atoms with Crippen LogP contribution in [0.5, 0.6) is 0 Å². The van der Waals surface area contributed by atoms with Gasteiger partial charge in [-0.15, -0.1) is 24.0 Å². The quantitative estimate of drug-likeness (QED) is 0.231. The van der Waals surface area contributed by atoms with Crippen molar-refractivity contribution in [1.29, 1.82) is 0 Å². The first-order chi connectivity index (χ1) is 12.3. The molecular formula is C19H38IN5O. The highest BCUT2D eigenvalue weighted by Gasteiger charge is 2.18. The van der Waals surface area contributed by atoms with E-state index in [1.54, 1.807) is 0 Å². The molecule has 0 aliphatic carbocycles. The Morgan fingerprint density at radius 2 is 1.77 bits per heavy atom. The Balaban J connectivity index is 0.00000338. The summed E-state index contributed by atoms with van der Waals surface area (Å²) in [5, 5.41) is 6.76. The molecule has 2 aliphatic rings. The van der Waals surface area contributed by atoms with Gasteiger partial charge in [-0.3, -0.25) is 9.79 Å². The maximum Gasteiger partial charge on any atom is 0.222 e. The summed E-state index contributed by atoms with van der Waals surface area (Å²) < 4.78 is 0. The zero-order valence-electron chi connectivity index (χ0n) is 16.5. The zero-order chi connectivity index (χ0) is 17.7. The van der Waals surface area contributed by atoms with E-state index in [4.69, 9.17) is 0 Å². The van der Waals surface area contributed by atoms with Crippen LogP contribution < -0.4 is 10.6 Å². The van der Waals surface area contributed by atoms with Crippen LogP contribution in [-0.4, -0.2) is 74.0 Å². The van der Waals surface area contributed by atoms with Crippen molar-refractivity contribution >= 4 is 35.8 Å². The molecule has 0 atom stereocenters. The molecular weight excluding hydrogens is 441 g/mol. The molecule has 2 rings (SSSR count). The van der Waals surface area contributed by atoms with Crippen LogP contribution in [-0.2, 0) is 4.79 Å². The molecule has 0 bridgehead atoms. The van der Waals surface area contributed by atoms with E-state index in [1.807, 2.05) is 4.90 Å². The summed E-state index contributed by atoms with van der Waals surface area (Å²) in [6, 6.07) is 0. The van der Waals surface area contributed by atoms with Crippen LogP contribution in [0.1, 0.15) is 58.3 Å². The lowest BCUT2D eigenvalue weighted by atomic mass is 10.2. The van der Waals surface area contributed by atoms with E-state index in [0.29, 0.717) is 5.91 Å². The van der Waals surface area contributed by atoms with E-state index < -0.39 is 0 Å². The van der Waals surface area contributed by atoms with Crippen molar-refractivity contribution in [2.24, 2.45) is 4.99 Å². The van der Waals surface area contributed by atoms with Crippen LogP contribution >= 0.6 is 24.0 Å². The summed E-state index contributed by atoms with van der Waals surface area (Å²) in [7, 11) is 0. The van der Waals surface area contributed by atoms with Gasteiger partial charge in [-0.1, -0.05) is 12.8 Å². The van der Waals surface area contributed by atoms with Gasteiger partial charge in [-0.05, 0) is 58.7 Å². The molecule has 0 aromatic carbocycles. The second-order valence-corrected chi connectivity index (χ2v) is 7.13. The number of hydrogen-bond donors (Lipinski definition) is 2. The minimum atomic E-state index is 0. The maximum absolute atomic E-state index is 11.6. The predicted octanol–water partition coefficient (Wildman–Crippen LogP) is 2.44. The fraction of sp³-hybridized carbons (Fsp3) is 0.895. The van der Waals surface area contributed by atoms with E-state index >= 15 is 0 Å². The molecule has 2 heterocycles. The van der Waals surface area contributed by atoms with Gasteiger partial charge < -0.3 is 20.4 Å². The third-order valence-electron chi connectivity index (χ3n) is 5.01. The standard InChI is InChI=1S/C19H37N5O.HI/c1-2-20-19(22-12-9-17-24-16-7-10-18(24)25)21-11-8-15-23-13-5-3-4-6-14-23;/h2-17H2,1H3,(H2,20,21,22);1H. The first-order valence-electron chi connectivity index (χ1n) is 10.3. The van der Waals surface area contributed by atoms with E-state index in [9.17, 15) is 4.79 Å². The van der Waals surface area contributed by atoms with Crippen molar-refractivity contribution in [2.45, 2.75) is 58.3 Å². The lowest BCUT2D eigenvalue weighted by molar-refractivity contribution is -0.127. The zero-order valence-corrected chi connectivity index (χ0v) is 18.8. The topological polar surface area (TPSA) is 60.0 Å². The fourth-order valence-electron chi connectivity index (χ4n) is 3.60. The molecule has 0 aromatic heterocycles. The van der Waals surface area contributed by atoms with Gasteiger partial charge in [0.05, 0.1) is 0 Å². The Morgan fingerprint density at radius 3 is 2.42 bits per heavy atom. The summed E-state index contributed by atoms with van der Waals surface area (Å²) in [4.78, 5) is 20.8. The van der Waals surface area contributed by atoms with Crippen LogP contribution in [0.3, 0.4) is 0 Å². The highest BCUT2D eigenvalue weighted by molar-refractivity contribution is 14.0. The van der Waals surface area contributed by atoms with Crippen molar-refractivity contribution in [2.75, 3.05) is 52.4 Å². The molecule has 0 spiro atoms. The lowest BCUT2D eigenvalue weighted by Crippen LogP contribution is -2.39. The van der Waals surface area contributed by atoms with E-state index in [2.05, 4.69) is 27.4 Å². The fourth-order valence-corrected chi connectivity index (χ4v) is 3.60. The number of likely N-dealkylation sites (tertiary alicyclic amines) is 2. The molecule has 1 amide bonds. The van der Waals surface area contributed by atoms with Gasteiger partial charge in [0.2, 0.25) is 5.91 Å². The Kier molecular flexibility index (Phi) is 13.1. The second-order valence-electron chi connectivity index (χ2n) is 7.13. The van der Waals surface area contributed by atoms with Gasteiger partial charge in [0.1, 0.15) is 0 Å². The second kappa shape index (κ2) is 14.5. The van der Waals surface area contributed by atoms with E-state index in [0.717, 1.165) is 64.4 Å². The number of aliphatic imine (C=N–C) groups is 1. The van der Waals surface area contributed by atoms with Gasteiger partial charge >= 0.3 is 0 Å². The number of hydrogen-bond acceptors (Lipinski definition) is 3. The summed E-state index contributed by atoms with van der Waals surface area (Å²) in [6.45, 7) is 10.2. The molecule has 2 saturated heterocycles. The first-order valence-corrected chi connectivity index (χ1v) is 10.3. The normalized spacial score (nSPS) is 19.2. The molecule has 2 fully saturated rings. The lowest BCUT2D eigenvalue weighted by Gasteiger charge is -2.20. The van der Waals surface area contributed by atoms with Gasteiger partial charge in [-0.25, -0.2) is 0 Å². The number of nitrogens with zero attached hydrogens (tertiary/aromatic N) is 3. The molecule has 2 aliphatic heterocycles. The van der Waals surface area contributed by atoms with E-state index in [-0.39, 0.29) is 24.0 Å². The number of halogens is 1. The number of carbonyl (C=O) groups is 1. The predicted molar refractivity (Wildman–Crippen MR) is 119 cm³/mol. The Hall–Kier alpha value is -0.570. The third kappa shape index (κ3) is 9.39. The van der Waals surface area contributed by atoms with Gasteiger partial charge in [-0.2, -0.15) is 0 Å². The average Bonchev–Trinajstić information content (AvgIpc) is 2.85. The highest BCUT2D eigenvalue weighted by atomic mass is 127. The number of guanidine groups is 1. The largest absolute Gasteiger partial charge is 0.357 e. The Bertz CT molecular complexity index is 411. The summed E-state index contributed by atoms with van der Waals surface area (Å²) >= 11 is 0. The monoisotopic (exact) mass is 479 g/mol. The summed E-state index contributed by atoms with van der Waals surface area (Å²) in [5.74, 6) is 1.22. The molecule has 0 saturated carbocycles. The summed E-state index contributed by atoms with van der Waals surface area (Å²) in [6.07, 6.45) is 9.36. The minimum absolute atomic E-state index is 0. The van der Waals surface area contributed by atoms with E-state index in [1.165, 1.54) is 45.3 Å². The van der Waals surface area contributed by atoms with Crippen LogP contribution in [0.2, 0.25) is 0 Å². The van der Waals surface area contributed by atoms with Gasteiger partial charge in [0.15, 0.2) is 5.96 Å². The van der Waals surface area contributed by atoms with Crippen molar-refractivity contribution in [3.8, 4) is 0 Å². The minimum Gasteiger partial charge on any atom is -0.357 e. The summed E-state index contributed by atoms with van der Waals surface area (Å²) in [5.41, 5.74) is 0. The average molecular weight is 479 g/mol. The number of carbonyl (C=O) groups excluding carboxylic acids is 1. The molecule has 0 unspecified atom stereocenters. The molecule has 0 aromatic rings. The van der Waals surface area contributed by atoms with Crippen LogP contribution in [0, 0.1) is 0 Å². The molecule has 7 heteroatoms. The third-order valence-corrected chi connectivity index (χ3v) is 5.01. The molecule has 26 heavy (non-hydrogen) atoms. The highest BCUT2D eigenvalue weighted by Crippen LogP contribution is 2.10. The Morgan fingerprint density at radius 1 is 1.00 bits per heavy atom.